The van der Waals surface area contributed by atoms with E-state index in [1.54, 1.807) is 31.3 Å². The summed E-state index contributed by atoms with van der Waals surface area (Å²) in [5.74, 6) is -0.423. The van der Waals surface area contributed by atoms with Gasteiger partial charge in [0.25, 0.3) is 5.91 Å². The van der Waals surface area contributed by atoms with Crippen LogP contribution in [-0.2, 0) is 4.79 Å². The van der Waals surface area contributed by atoms with Crippen molar-refractivity contribution in [3.63, 3.8) is 0 Å². The van der Waals surface area contributed by atoms with Gasteiger partial charge in [-0.3, -0.25) is 9.78 Å². The van der Waals surface area contributed by atoms with E-state index in [2.05, 4.69) is 15.5 Å². The predicted molar refractivity (Wildman–Crippen MR) is 54.8 cm³/mol. The molecule has 0 unspecified atom stereocenters. The van der Waals surface area contributed by atoms with E-state index >= 15 is 0 Å². The Morgan fingerprint density at radius 2 is 2.47 bits per heavy atom. The summed E-state index contributed by atoms with van der Waals surface area (Å²) in [6, 6.07) is 7.15. The number of carbonyl (C=O) groups is 1. The largest absolute Gasteiger partial charge is 0.272 e. The van der Waals surface area contributed by atoms with Gasteiger partial charge in [-0.25, -0.2) is 5.43 Å². The lowest BCUT2D eigenvalue weighted by Gasteiger charge is -1.99. The molecule has 15 heavy (non-hydrogen) atoms. The molecule has 1 aromatic heterocycles. The van der Waals surface area contributed by atoms with Crippen molar-refractivity contribution < 1.29 is 4.79 Å². The number of amides is 1. The van der Waals surface area contributed by atoms with Crippen LogP contribution in [0.15, 0.2) is 29.5 Å². The lowest BCUT2D eigenvalue weighted by molar-refractivity contribution is -0.120. The fourth-order valence-corrected chi connectivity index (χ4v) is 0.892. The number of rotatable bonds is 3. The highest BCUT2D eigenvalue weighted by Gasteiger charge is 2.00. The molecule has 0 radical (unpaired) electrons. The van der Waals surface area contributed by atoms with Gasteiger partial charge >= 0.3 is 0 Å². The van der Waals surface area contributed by atoms with E-state index in [4.69, 9.17) is 5.26 Å². The van der Waals surface area contributed by atoms with Crippen molar-refractivity contribution in [1.29, 1.82) is 5.26 Å². The van der Waals surface area contributed by atoms with E-state index in [1.165, 1.54) is 0 Å². The second kappa shape index (κ2) is 5.50. The van der Waals surface area contributed by atoms with E-state index in [1.807, 2.05) is 6.07 Å². The summed E-state index contributed by atoms with van der Waals surface area (Å²) in [6.45, 7) is 1.73. The number of pyridine rings is 1. The smallest absolute Gasteiger partial charge is 0.254 e. The minimum atomic E-state index is -0.423. The molecule has 0 atom stereocenters. The van der Waals surface area contributed by atoms with Crippen LogP contribution < -0.4 is 5.43 Å². The van der Waals surface area contributed by atoms with Crippen molar-refractivity contribution >= 4 is 11.6 Å². The fourth-order valence-electron chi connectivity index (χ4n) is 0.892. The minimum Gasteiger partial charge on any atom is -0.272 e. The number of nitrogens with one attached hydrogen (secondary N) is 1. The summed E-state index contributed by atoms with van der Waals surface area (Å²) in [5, 5.41) is 12.1. The van der Waals surface area contributed by atoms with Crippen molar-refractivity contribution in [2.45, 2.75) is 13.3 Å². The highest BCUT2D eigenvalue weighted by molar-refractivity contribution is 5.97. The second-order valence-corrected chi connectivity index (χ2v) is 2.78. The predicted octanol–water partition coefficient (Wildman–Crippen LogP) is 0.835. The maximum atomic E-state index is 10.9. The van der Waals surface area contributed by atoms with Gasteiger partial charge in [0.2, 0.25) is 0 Å². The number of nitriles is 1. The third-order valence-electron chi connectivity index (χ3n) is 1.62. The molecule has 5 heteroatoms. The van der Waals surface area contributed by atoms with Gasteiger partial charge in [-0.1, -0.05) is 6.07 Å². The normalized spacial score (nSPS) is 10.5. The molecule has 0 saturated carbocycles. The molecule has 1 rings (SSSR count). The molecular weight excluding hydrogens is 192 g/mol. The molecule has 0 spiro atoms. The average Bonchev–Trinajstić information content (AvgIpc) is 2.27. The third kappa shape index (κ3) is 3.56. The zero-order valence-corrected chi connectivity index (χ0v) is 8.27. The fraction of sp³-hybridized carbons (Fsp3) is 0.200. The van der Waals surface area contributed by atoms with Crippen molar-refractivity contribution in [1.82, 2.24) is 10.4 Å². The Morgan fingerprint density at radius 1 is 1.67 bits per heavy atom. The van der Waals surface area contributed by atoms with Crippen LogP contribution >= 0.6 is 0 Å². The summed E-state index contributed by atoms with van der Waals surface area (Å²) in [6.07, 6.45) is 1.45. The Morgan fingerprint density at radius 3 is 3.07 bits per heavy atom. The Bertz CT molecular complexity index is 405. The van der Waals surface area contributed by atoms with E-state index < -0.39 is 5.91 Å². The molecule has 0 aliphatic heterocycles. The van der Waals surface area contributed by atoms with Gasteiger partial charge in [0, 0.05) is 6.20 Å². The first kappa shape index (κ1) is 10.9. The summed E-state index contributed by atoms with van der Waals surface area (Å²) in [7, 11) is 0. The molecule has 1 aromatic rings. The van der Waals surface area contributed by atoms with Crippen molar-refractivity contribution in [2.75, 3.05) is 0 Å². The van der Waals surface area contributed by atoms with Crippen LogP contribution in [0, 0.1) is 11.3 Å². The number of aromatic nitrogens is 1. The maximum absolute atomic E-state index is 10.9. The molecule has 0 bridgehead atoms. The highest BCUT2D eigenvalue weighted by Crippen LogP contribution is 1.95. The summed E-state index contributed by atoms with van der Waals surface area (Å²) in [4.78, 5) is 15.0. The van der Waals surface area contributed by atoms with Gasteiger partial charge in [0.15, 0.2) is 0 Å². The maximum Gasteiger partial charge on any atom is 0.254 e. The summed E-state index contributed by atoms with van der Waals surface area (Å²) < 4.78 is 0. The first-order chi connectivity index (χ1) is 7.24. The van der Waals surface area contributed by atoms with Crippen LogP contribution in [0.1, 0.15) is 19.0 Å². The molecule has 0 aliphatic rings. The lowest BCUT2D eigenvalue weighted by Crippen LogP contribution is -2.18. The zero-order valence-electron chi connectivity index (χ0n) is 8.27. The quantitative estimate of drug-likeness (QED) is 0.582. The SMILES string of the molecule is C/C(=N\NC(=O)CC#N)c1ccccn1. The Kier molecular flexibility index (Phi) is 3.98. The summed E-state index contributed by atoms with van der Waals surface area (Å²) in [5.41, 5.74) is 3.56. The minimum absolute atomic E-state index is 0.195. The molecule has 76 valence electrons. The molecule has 5 nitrogen and oxygen atoms in total. The Balaban J connectivity index is 2.62. The van der Waals surface area contributed by atoms with Gasteiger partial charge in [-0.05, 0) is 19.1 Å². The van der Waals surface area contributed by atoms with Gasteiger partial charge in [-0.2, -0.15) is 10.4 Å². The molecule has 0 fully saturated rings. The Hall–Kier alpha value is -2.22. The van der Waals surface area contributed by atoms with Crippen LogP contribution in [0.25, 0.3) is 0 Å². The molecule has 1 amide bonds. The van der Waals surface area contributed by atoms with Crippen LogP contribution in [0.5, 0.6) is 0 Å². The van der Waals surface area contributed by atoms with Gasteiger partial charge in [0.1, 0.15) is 6.42 Å². The standard InChI is InChI=1S/C10H10N4O/c1-8(9-4-2-3-7-12-9)13-14-10(15)5-6-11/h2-4,7H,5H2,1H3,(H,14,15)/b13-8+. The van der Waals surface area contributed by atoms with Crippen LogP contribution in [0.3, 0.4) is 0 Å². The average molecular weight is 202 g/mol. The van der Waals surface area contributed by atoms with Crippen molar-refractivity contribution in [3.05, 3.63) is 30.1 Å². The first-order valence-electron chi connectivity index (χ1n) is 4.35. The summed E-state index contributed by atoms with van der Waals surface area (Å²) >= 11 is 0. The highest BCUT2D eigenvalue weighted by atomic mass is 16.2. The second-order valence-electron chi connectivity index (χ2n) is 2.78. The monoisotopic (exact) mass is 202 g/mol. The zero-order chi connectivity index (χ0) is 11.1. The third-order valence-corrected chi connectivity index (χ3v) is 1.62. The molecule has 1 heterocycles. The number of nitrogens with zero attached hydrogens (tertiary/aromatic N) is 3. The van der Waals surface area contributed by atoms with Crippen LogP contribution in [0.2, 0.25) is 0 Å². The number of hydrogen-bond acceptors (Lipinski definition) is 4. The van der Waals surface area contributed by atoms with Gasteiger partial charge in [0.05, 0.1) is 17.5 Å². The lowest BCUT2D eigenvalue weighted by atomic mass is 10.3. The van der Waals surface area contributed by atoms with Crippen LogP contribution in [-0.4, -0.2) is 16.6 Å². The van der Waals surface area contributed by atoms with E-state index in [-0.39, 0.29) is 6.42 Å². The number of hydrogen-bond donors (Lipinski definition) is 1. The number of carbonyl (C=O) groups excluding carboxylic acids is 1. The molecule has 0 aliphatic carbocycles. The van der Waals surface area contributed by atoms with Crippen molar-refractivity contribution in [2.24, 2.45) is 5.10 Å². The van der Waals surface area contributed by atoms with E-state index in [0.29, 0.717) is 11.4 Å². The first-order valence-corrected chi connectivity index (χ1v) is 4.35. The van der Waals surface area contributed by atoms with Crippen LogP contribution in [0.4, 0.5) is 0 Å². The van der Waals surface area contributed by atoms with E-state index in [0.717, 1.165) is 0 Å². The number of hydrazone groups is 1. The molecule has 0 aromatic carbocycles. The molecule has 1 N–H and O–H groups in total. The molecular formula is C10H10N4O. The topological polar surface area (TPSA) is 78.1 Å². The van der Waals surface area contributed by atoms with Gasteiger partial charge < -0.3 is 0 Å². The van der Waals surface area contributed by atoms with Gasteiger partial charge in [-0.15, -0.1) is 0 Å². The van der Waals surface area contributed by atoms with E-state index in [9.17, 15) is 4.79 Å². The Labute approximate surface area is 87.4 Å². The molecule has 0 saturated heterocycles. The van der Waals surface area contributed by atoms with Crippen molar-refractivity contribution in [3.8, 4) is 6.07 Å².